The number of carbonyl (C=O) groups is 1. The van der Waals surface area contributed by atoms with Crippen molar-refractivity contribution in [2.45, 2.75) is 32.1 Å². The molecular weight excluding hydrogens is 270 g/mol. The Balaban J connectivity index is 2.29. The molecule has 0 bridgehead atoms. The van der Waals surface area contributed by atoms with Crippen molar-refractivity contribution < 1.29 is 23.0 Å². The second kappa shape index (κ2) is 6.69. The Bertz CT molecular complexity index is 477. The minimum Gasteiger partial charge on any atom is -0.462 e. The zero-order valence-corrected chi connectivity index (χ0v) is 11.1. The molecule has 110 valence electrons. The molecule has 20 heavy (non-hydrogen) atoms. The van der Waals surface area contributed by atoms with E-state index in [0.717, 1.165) is 19.0 Å². The van der Waals surface area contributed by atoms with E-state index in [1.165, 1.54) is 0 Å². The average molecular weight is 286 g/mol. The fraction of sp³-hybridized carbons (Fsp3) is 0.615. The lowest BCUT2D eigenvalue weighted by atomic mass is 10.0. The Labute approximate surface area is 115 Å². The molecule has 0 amide bonds. The van der Waals surface area contributed by atoms with Crippen LogP contribution in [0.15, 0.2) is 6.20 Å². The number of ether oxygens (including phenoxy) is 2. The van der Waals surface area contributed by atoms with E-state index >= 15 is 0 Å². The van der Waals surface area contributed by atoms with Gasteiger partial charge >= 0.3 is 5.97 Å². The van der Waals surface area contributed by atoms with Gasteiger partial charge in [-0.3, -0.25) is 0 Å². The molecule has 1 atom stereocenters. The van der Waals surface area contributed by atoms with Crippen molar-refractivity contribution >= 4 is 5.97 Å². The van der Waals surface area contributed by atoms with Gasteiger partial charge in [0.25, 0.3) is 6.43 Å². The monoisotopic (exact) mass is 286 g/mol. The van der Waals surface area contributed by atoms with E-state index in [2.05, 4.69) is 9.97 Å². The Hall–Kier alpha value is -1.63. The molecule has 0 aliphatic carbocycles. The van der Waals surface area contributed by atoms with Crippen molar-refractivity contribution in [3.05, 3.63) is 23.3 Å². The maximum absolute atomic E-state index is 13.0. The summed E-state index contributed by atoms with van der Waals surface area (Å²) in [5, 5.41) is 0. The number of hydrogen-bond acceptors (Lipinski definition) is 5. The lowest BCUT2D eigenvalue weighted by Crippen LogP contribution is -2.20. The molecule has 1 aliphatic heterocycles. The van der Waals surface area contributed by atoms with Crippen LogP contribution in [0.4, 0.5) is 8.78 Å². The van der Waals surface area contributed by atoms with Crippen LogP contribution in [0.3, 0.4) is 0 Å². The average Bonchev–Trinajstić information content (AvgIpc) is 2.47. The molecule has 0 radical (unpaired) electrons. The summed E-state index contributed by atoms with van der Waals surface area (Å²) in [6, 6.07) is 0. The summed E-state index contributed by atoms with van der Waals surface area (Å²) in [5.74, 6) is -0.625. The quantitative estimate of drug-likeness (QED) is 0.796. The van der Waals surface area contributed by atoms with E-state index in [-0.39, 0.29) is 18.1 Å². The lowest BCUT2D eigenvalue weighted by Gasteiger charge is -2.21. The van der Waals surface area contributed by atoms with Gasteiger partial charge in [0.2, 0.25) is 0 Å². The minimum atomic E-state index is -2.85. The predicted octanol–water partition coefficient (Wildman–Crippen LogP) is 2.48. The molecule has 1 fully saturated rings. The van der Waals surface area contributed by atoms with E-state index in [1.54, 1.807) is 6.92 Å². The van der Waals surface area contributed by atoms with Crippen molar-refractivity contribution in [3.8, 4) is 0 Å². The minimum absolute atomic E-state index is 0.0995. The third-order valence-electron chi connectivity index (χ3n) is 3.06. The molecule has 1 aliphatic rings. The van der Waals surface area contributed by atoms with Crippen LogP contribution in [0.1, 0.15) is 54.0 Å². The van der Waals surface area contributed by atoms with Gasteiger partial charge in [-0.15, -0.1) is 0 Å². The van der Waals surface area contributed by atoms with Gasteiger partial charge in [-0.2, -0.15) is 0 Å². The normalized spacial score (nSPS) is 19.1. The van der Waals surface area contributed by atoms with Gasteiger partial charge < -0.3 is 9.47 Å². The van der Waals surface area contributed by atoms with Crippen molar-refractivity contribution in [2.24, 2.45) is 0 Å². The standard InChI is InChI=1S/C13H16F2N2O3/c1-2-20-13(18)9-6-16-12(17-10(9)11(14)15)8-4-3-5-19-7-8/h6,8,11H,2-5,7H2,1H3. The number of aromatic nitrogens is 2. The van der Waals surface area contributed by atoms with E-state index in [4.69, 9.17) is 9.47 Å². The summed E-state index contributed by atoms with van der Waals surface area (Å²) in [4.78, 5) is 19.5. The molecule has 0 N–H and O–H groups in total. The first kappa shape index (κ1) is 14.8. The van der Waals surface area contributed by atoms with Gasteiger partial charge in [0.1, 0.15) is 17.1 Å². The van der Waals surface area contributed by atoms with E-state index in [9.17, 15) is 13.6 Å². The highest BCUT2D eigenvalue weighted by Gasteiger charge is 2.26. The third kappa shape index (κ3) is 3.27. The van der Waals surface area contributed by atoms with Crippen molar-refractivity contribution in [2.75, 3.05) is 19.8 Å². The van der Waals surface area contributed by atoms with Gasteiger partial charge in [0.15, 0.2) is 0 Å². The van der Waals surface area contributed by atoms with E-state index in [0.29, 0.717) is 19.0 Å². The molecule has 1 unspecified atom stereocenters. The maximum Gasteiger partial charge on any atom is 0.341 e. The summed E-state index contributed by atoms with van der Waals surface area (Å²) in [5.41, 5.74) is -0.846. The molecule has 2 rings (SSSR count). The first-order chi connectivity index (χ1) is 9.63. The topological polar surface area (TPSA) is 61.3 Å². The van der Waals surface area contributed by atoms with Gasteiger partial charge in [0.05, 0.1) is 13.2 Å². The van der Waals surface area contributed by atoms with Crippen LogP contribution in [-0.4, -0.2) is 35.8 Å². The second-order valence-electron chi connectivity index (χ2n) is 4.46. The number of rotatable bonds is 4. The smallest absolute Gasteiger partial charge is 0.341 e. The van der Waals surface area contributed by atoms with Crippen LogP contribution in [0.25, 0.3) is 0 Å². The lowest BCUT2D eigenvalue weighted by molar-refractivity contribution is 0.0511. The van der Waals surface area contributed by atoms with Gasteiger partial charge in [0, 0.05) is 18.7 Å². The summed E-state index contributed by atoms with van der Waals surface area (Å²) in [6.45, 7) is 2.80. The Morgan fingerprint density at radius 3 is 3.00 bits per heavy atom. The molecule has 1 saturated heterocycles. The Morgan fingerprint density at radius 1 is 1.60 bits per heavy atom. The first-order valence-corrected chi connectivity index (χ1v) is 6.53. The number of nitrogens with zero attached hydrogens (tertiary/aromatic N) is 2. The fourth-order valence-corrected chi connectivity index (χ4v) is 2.08. The van der Waals surface area contributed by atoms with E-state index in [1.807, 2.05) is 0 Å². The molecular formula is C13H16F2N2O3. The van der Waals surface area contributed by atoms with Crippen LogP contribution in [0.2, 0.25) is 0 Å². The highest BCUT2D eigenvalue weighted by molar-refractivity contribution is 5.90. The number of hydrogen-bond donors (Lipinski definition) is 0. The highest BCUT2D eigenvalue weighted by Crippen LogP contribution is 2.26. The SMILES string of the molecule is CCOC(=O)c1cnc(C2CCCOC2)nc1C(F)F. The van der Waals surface area contributed by atoms with Gasteiger partial charge in [-0.1, -0.05) is 0 Å². The van der Waals surface area contributed by atoms with Crippen LogP contribution < -0.4 is 0 Å². The van der Waals surface area contributed by atoms with Crippen LogP contribution in [0.5, 0.6) is 0 Å². The Kier molecular flexibility index (Phi) is 4.94. The number of esters is 1. The number of halogens is 2. The highest BCUT2D eigenvalue weighted by atomic mass is 19.3. The third-order valence-corrected chi connectivity index (χ3v) is 3.06. The molecule has 2 heterocycles. The molecule has 1 aromatic heterocycles. The van der Waals surface area contributed by atoms with Crippen molar-refractivity contribution in [1.29, 1.82) is 0 Å². The molecule has 5 nitrogen and oxygen atoms in total. The van der Waals surface area contributed by atoms with Gasteiger partial charge in [-0.05, 0) is 19.8 Å². The zero-order valence-electron chi connectivity index (χ0n) is 11.1. The number of carbonyl (C=O) groups excluding carboxylic acids is 1. The summed E-state index contributed by atoms with van der Waals surface area (Å²) in [6.07, 6.45) is -0.0872. The second-order valence-corrected chi connectivity index (χ2v) is 4.46. The van der Waals surface area contributed by atoms with Crippen LogP contribution in [-0.2, 0) is 9.47 Å². The summed E-state index contributed by atoms with van der Waals surface area (Å²) in [7, 11) is 0. The molecule has 1 aromatic rings. The largest absolute Gasteiger partial charge is 0.462 e. The fourth-order valence-electron chi connectivity index (χ4n) is 2.08. The summed E-state index contributed by atoms with van der Waals surface area (Å²) < 4.78 is 36.1. The van der Waals surface area contributed by atoms with E-state index < -0.39 is 18.1 Å². The summed E-state index contributed by atoms with van der Waals surface area (Å²) >= 11 is 0. The first-order valence-electron chi connectivity index (χ1n) is 6.53. The number of alkyl halides is 2. The van der Waals surface area contributed by atoms with Crippen molar-refractivity contribution in [3.63, 3.8) is 0 Å². The molecule has 0 spiro atoms. The van der Waals surface area contributed by atoms with Crippen LogP contribution >= 0.6 is 0 Å². The predicted molar refractivity (Wildman–Crippen MR) is 65.7 cm³/mol. The zero-order chi connectivity index (χ0) is 14.5. The van der Waals surface area contributed by atoms with Crippen LogP contribution in [0, 0.1) is 0 Å². The van der Waals surface area contributed by atoms with Gasteiger partial charge in [-0.25, -0.2) is 23.5 Å². The molecule has 0 saturated carbocycles. The Morgan fingerprint density at radius 2 is 2.40 bits per heavy atom. The molecule has 0 aromatic carbocycles. The maximum atomic E-state index is 13.0. The van der Waals surface area contributed by atoms with Crippen molar-refractivity contribution in [1.82, 2.24) is 9.97 Å². The molecule has 7 heteroatoms.